The van der Waals surface area contributed by atoms with Crippen molar-refractivity contribution in [2.24, 2.45) is 22.1 Å². The number of carbonyl (C=O) groups is 1. The highest BCUT2D eigenvalue weighted by molar-refractivity contribution is 6.47. The highest BCUT2D eigenvalue weighted by Gasteiger charge is 2.52. The van der Waals surface area contributed by atoms with Gasteiger partial charge in [0.25, 0.3) is 5.91 Å². The summed E-state index contributed by atoms with van der Waals surface area (Å²) in [7, 11) is 0. The van der Waals surface area contributed by atoms with Crippen molar-refractivity contribution < 1.29 is 9.18 Å². The third kappa shape index (κ3) is 5.80. The van der Waals surface area contributed by atoms with Crippen LogP contribution in [0.25, 0.3) is 0 Å². The minimum Gasteiger partial charge on any atom is -0.387 e. The zero-order valence-electron chi connectivity index (χ0n) is 23.0. The Balaban J connectivity index is 1.77. The lowest BCUT2D eigenvalue weighted by Crippen LogP contribution is -2.51. The van der Waals surface area contributed by atoms with Crippen LogP contribution in [0.15, 0.2) is 47.5 Å². The molecule has 0 saturated heterocycles. The van der Waals surface area contributed by atoms with Crippen LogP contribution in [0, 0.1) is 22.6 Å². The molecular formula is C31H40ClFN4O. The third-order valence-electron chi connectivity index (χ3n) is 8.30. The molecule has 1 unspecified atom stereocenters. The third-order valence-corrected chi connectivity index (χ3v) is 8.60. The average molecular weight is 539 g/mol. The molecule has 2 aromatic carbocycles. The minimum absolute atomic E-state index is 0.0310. The second kappa shape index (κ2) is 11.2. The number of hydrogen-bond acceptors (Lipinski definition) is 3. The highest BCUT2D eigenvalue weighted by atomic mass is 35.5. The summed E-state index contributed by atoms with van der Waals surface area (Å²) in [6.45, 7) is 9.00. The van der Waals surface area contributed by atoms with Crippen molar-refractivity contribution in [1.29, 1.82) is 5.41 Å². The van der Waals surface area contributed by atoms with Gasteiger partial charge in [-0.25, -0.2) is 4.39 Å². The van der Waals surface area contributed by atoms with E-state index in [2.05, 4.69) is 39.8 Å². The molecule has 7 heteroatoms. The van der Waals surface area contributed by atoms with Gasteiger partial charge < -0.3 is 10.6 Å². The largest absolute Gasteiger partial charge is 0.387 e. The lowest BCUT2D eigenvalue weighted by molar-refractivity contribution is -0.133. The van der Waals surface area contributed by atoms with E-state index in [1.54, 1.807) is 6.07 Å². The quantitative estimate of drug-likeness (QED) is 0.270. The van der Waals surface area contributed by atoms with Crippen LogP contribution in [0.3, 0.4) is 0 Å². The number of amidine groups is 1. The number of halogens is 2. The Hall–Kier alpha value is -2.73. The first-order chi connectivity index (χ1) is 17.9. The summed E-state index contributed by atoms with van der Waals surface area (Å²) in [5, 5.41) is 7.65. The lowest BCUT2D eigenvalue weighted by atomic mass is 9.69. The Labute approximate surface area is 231 Å². The standard InChI is InChI=1S/C31H40ClFN4O/c1-5-6-7-26(21-10-8-20(9-11-21)18-27(34)35)37-29(38)28(22-12-13-24(32)25(33)19-22)36-31(37)16-14-23(15-17-31)30(2,3)4/h8-13,19,23,26H,5-7,14-18H2,1-4H3,(H3,34,35). The molecule has 2 aromatic rings. The zero-order valence-corrected chi connectivity index (χ0v) is 23.7. The predicted molar refractivity (Wildman–Crippen MR) is 153 cm³/mol. The monoisotopic (exact) mass is 538 g/mol. The van der Waals surface area contributed by atoms with Crippen molar-refractivity contribution >= 4 is 29.1 Å². The summed E-state index contributed by atoms with van der Waals surface area (Å²) < 4.78 is 14.5. The van der Waals surface area contributed by atoms with Gasteiger partial charge in [-0.2, -0.15) is 0 Å². The molecule has 0 radical (unpaired) electrons. The van der Waals surface area contributed by atoms with Crippen LogP contribution in [0.2, 0.25) is 5.02 Å². The Bertz CT molecular complexity index is 1210. The van der Waals surface area contributed by atoms with Crippen LogP contribution in [-0.4, -0.2) is 28.0 Å². The molecule has 1 aliphatic heterocycles. The Morgan fingerprint density at radius 3 is 2.42 bits per heavy atom. The number of nitrogens with one attached hydrogen (secondary N) is 1. The van der Waals surface area contributed by atoms with E-state index in [4.69, 9.17) is 27.7 Å². The van der Waals surface area contributed by atoms with Gasteiger partial charge in [-0.3, -0.25) is 15.2 Å². The van der Waals surface area contributed by atoms with Crippen LogP contribution < -0.4 is 5.73 Å². The molecule has 38 heavy (non-hydrogen) atoms. The first-order valence-corrected chi connectivity index (χ1v) is 14.1. The lowest BCUT2D eigenvalue weighted by Gasteiger charge is -2.47. The first-order valence-electron chi connectivity index (χ1n) is 13.8. The second-order valence-corrected chi connectivity index (χ2v) is 12.4. The fraction of sp³-hybridized carbons (Fsp3) is 0.516. The number of hydrogen-bond donors (Lipinski definition) is 2. The summed E-state index contributed by atoms with van der Waals surface area (Å²) in [5.41, 5.74) is 7.97. The van der Waals surface area contributed by atoms with Gasteiger partial charge in [-0.1, -0.05) is 82.5 Å². The van der Waals surface area contributed by atoms with E-state index in [9.17, 15) is 9.18 Å². The van der Waals surface area contributed by atoms with E-state index in [1.165, 1.54) is 12.1 Å². The number of benzene rings is 2. The molecule has 1 saturated carbocycles. The summed E-state index contributed by atoms with van der Waals surface area (Å²) >= 11 is 5.95. The first kappa shape index (κ1) is 28.3. The maximum Gasteiger partial charge on any atom is 0.275 e. The molecule has 2 aliphatic rings. The average Bonchev–Trinajstić information content (AvgIpc) is 3.13. The van der Waals surface area contributed by atoms with Crippen molar-refractivity contribution in [1.82, 2.24) is 4.90 Å². The smallest absolute Gasteiger partial charge is 0.275 e. The molecule has 4 rings (SSSR count). The Morgan fingerprint density at radius 1 is 1.21 bits per heavy atom. The number of amides is 1. The molecule has 0 aromatic heterocycles. The maximum absolute atomic E-state index is 14.5. The molecule has 1 amide bonds. The van der Waals surface area contributed by atoms with Gasteiger partial charge in [0.05, 0.1) is 16.9 Å². The number of aliphatic imine (C=N–C) groups is 1. The maximum atomic E-state index is 14.5. The highest BCUT2D eigenvalue weighted by Crippen LogP contribution is 2.50. The summed E-state index contributed by atoms with van der Waals surface area (Å²) in [6, 6.07) is 12.5. The molecule has 1 atom stereocenters. The second-order valence-electron chi connectivity index (χ2n) is 12.0. The summed E-state index contributed by atoms with van der Waals surface area (Å²) in [6.07, 6.45) is 6.72. The SMILES string of the molecule is CCCCC(c1ccc(CC(=N)N)cc1)N1C(=O)C(c2ccc(Cl)c(F)c2)=NC12CCC(C(C)(C)C)CC2. The van der Waals surface area contributed by atoms with Crippen LogP contribution in [0.5, 0.6) is 0 Å². The van der Waals surface area contributed by atoms with Crippen molar-refractivity contribution in [2.45, 2.75) is 90.8 Å². The topological polar surface area (TPSA) is 82.5 Å². The van der Waals surface area contributed by atoms with Crippen molar-refractivity contribution in [3.05, 3.63) is 70.0 Å². The minimum atomic E-state index is -0.652. The van der Waals surface area contributed by atoms with E-state index < -0.39 is 11.5 Å². The van der Waals surface area contributed by atoms with E-state index in [-0.39, 0.29) is 28.2 Å². The molecule has 3 N–H and O–H groups in total. The van der Waals surface area contributed by atoms with Gasteiger partial charge in [0.15, 0.2) is 0 Å². The fourth-order valence-electron chi connectivity index (χ4n) is 6.09. The van der Waals surface area contributed by atoms with Crippen LogP contribution in [0.1, 0.15) is 95.4 Å². The zero-order chi connectivity index (χ0) is 27.7. The van der Waals surface area contributed by atoms with Crippen LogP contribution in [0.4, 0.5) is 4.39 Å². The molecule has 5 nitrogen and oxygen atoms in total. The van der Waals surface area contributed by atoms with Gasteiger partial charge in [-0.15, -0.1) is 0 Å². The predicted octanol–water partition coefficient (Wildman–Crippen LogP) is 7.45. The number of carbonyl (C=O) groups excluding carboxylic acids is 1. The van der Waals surface area contributed by atoms with Crippen LogP contribution >= 0.6 is 11.6 Å². The van der Waals surface area contributed by atoms with Crippen molar-refractivity contribution in [3.63, 3.8) is 0 Å². The normalized spacial score (nSPS) is 22.6. The number of rotatable bonds is 8. The molecular weight excluding hydrogens is 499 g/mol. The van der Waals surface area contributed by atoms with Gasteiger partial charge >= 0.3 is 0 Å². The van der Waals surface area contributed by atoms with E-state index in [0.717, 1.165) is 56.1 Å². The number of nitrogens with two attached hydrogens (primary N) is 1. The van der Waals surface area contributed by atoms with E-state index in [0.29, 0.717) is 23.6 Å². The van der Waals surface area contributed by atoms with Gasteiger partial charge in [-0.05, 0) is 66.7 Å². The van der Waals surface area contributed by atoms with Gasteiger partial charge in [0, 0.05) is 12.0 Å². The van der Waals surface area contributed by atoms with E-state index in [1.807, 2.05) is 17.0 Å². The van der Waals surface area contributed by atoms with Crippen molar-refractivity contribution in [2.75, 3.05) is 0 Å². The van der Waals surface area contributed by atoms with Crippen molar-refractivity contribution in [3.8, 4) is 0 Å². The Morgan fingerprint density at radius 2 is 1.87 bits per heavy atom. The Kier molecular flexibility index (Phi) is 8.32. The van der Waals surface area contributed by atoms with E-state index >= 15 is 0 Å². The molecule has 204 valence electrons. The molecule has 1 heterocycles. The molecule has 0 bridgehead atoms. The molecule has 1 aliphatic carbocycles. The number of unbranched alkanes of at least 4 members (excludes halogenated alkanes) is 1. The number of nitrogens with zero attached hydrogens (tertiary/aromatic N) is 2. The van der Waals surface area contributed by atoms with Gasteiger partial charge in [0.2, 0.25) is 0 Å². The summed E-state index contributed by atoms with van der Waals surface area (Å²) in [4.78, 5) is 21.4. The molecule has 1 fully saturated rings. The summed E-state index contributed by atoms with van der Waals surface area (Å²) in [5.74, 6) is -0.0166. The fourth-order valence-corrected chi connectivity index (χ4v) is 6.21. The molecule has 1 spiro atoms. The van der Waals surface area contributed by atoms with Crippen LogP contribution in [-0.2, 0) is 11.2 Å². The van der Waals surface area contributed by atoms with Gasteiger partial charge in [0.1, 0.15) is 17.2 Å².